The smallest absolute Gasteiger partial charge is 0.301 e. The van der Waals surface area contributed by atoms with Crippen LogP contribution in [0, 0.1) is 12.7 Å². The second-order valence-electron chi connectivity index (χ2n) is 10.0. The topological polar surface area (TPSA) is 70.5 Å². The summed E-state index contributed by atoms with van der Waals surface area (Å²) < 4.78 is 14.4. The lowest BCUT2D eigenvalue weighted by atomic mass is 9.85. The standard InChI is InChI=1S/C29H25FN2O3S/c1-16-5-14-21-22(15-16)36-28(31-21)32-24(17-6-10-19(11-7-17)29(2,3)4)23(26(34)27(32)35)25(33)18-8-12-20(30)13-9-18/h5-15,24,33H,1-4H3. The number of anilines is 1. The van der Waals surface area contributed by atoms with Gasteiger partial charge in [0.05, 0.1) is 21.8 Å². The first-order chi connectivity index (χ1) is 17.0. The Morgan fingerprint density at radius 1 is 1.00 bits per heavy atom. The van der Waals surface area contributed by atoms with Gasteiger partial charge in [-0.1, -0.05) is 62.4 Å². The summed E-state index contributed by atoms with van der Waals surface area (Å²) in [6.07, 6.45) is 0. The molecule has 2 heterocycles. The molecular formula is C29H25FN2O3S. The Bertz CT molecular complexity index is 1530. The third-order valence-corrected chi connectivity index (χ3v) is 7.41. The maximum atomic E-state index is 13.5. The number of Topliss-reactive ketones (excluding diaryl/α,β-unsaturated/α-hetero) is 1. The number of fused-ring (bicyclic) bond motifs is 1. The predicted octanol–water partition coefficient (Wildman–Crippen LogP) is 6.67. The summed E-state index contributed by atoms with van der Waals surface area (Å²) in [7, 11) is 0. The van der Waals surface area contributed by atoms with E-state index in [9.17, 15) is 19.1 Å². The van der Waals surface area contributed by atoms with Gasteiger partial charge in [-0.3, -0.25) is 14.5 Å². The van der Waals surface area contributed by atoms with Gasteiger partial charge in [-0.2, -0.15) is 0 Å². The first-order valence-electron chi connectivity index (χ1n) is 11.6. The van der Waals surface area contributed by atoms with E-state index in [1.165, 1.54) is 40.5 Å². The van der Waals surface area contributed by atoms with Gasteiger partial charge in [0, 0.05) is 5.56 Å². The molecule has 1 aromatic heterocycles. The summed E-state index contributed by atoms with van der Waals surface area (Å²) in [4.78, 5) is 32.8. The molecule has 1 atom stereocenters. The normalized spacial score (nSPS) is 17.8. The number of aliphatic hydroxyl groups is 1. The summed E-state index contributed by atoms with van der Waals surface area (Å²) in [6, 6.07) is 17.8. The van der Waals surface area contributed by atoms with Crippen LogP contribution in [0.3, 0.4) is 0 Å². The highest BCUT2D eigenvalue weighted by Crippen LogP contribution is 2.44. The fourth-order valence-corrected chi connectivity index (χ4v) is 5.49. The minimum absolute atomic E-state index is 0.0504. The fourth-order valence-electron chi connectivity index (χ4n) is 4.40. The first-order valence-corrected chi connectivity index (χ1v) is 12.4. The number of thiazole rings is 1. The van der Waals surface area contributed by atoms with Gasteiger partial charge in [0.15, 0.2) is 5.13 Å². The third kappa shape index (κ3) is 4.09. The van der Waals surface area contributed by atoms with Crippen molar-refractivity contribution >= 4 is 44.1 Å². The molecule has 0 bridgehead atoms. The van der Waals surface area contributed by atoms with Crippen molar-refractivity contribution < 1.29 is 19.1 Å². The van der Waals surface area contributed by atoms with E-state index in [4.69, 9.17) is 0 Å². The molecule has 0 saturated carbocycles. The van der Waals surface area contributed by atoms with Crippen LogP contribution in [0.25, 0.3) is 16.0 Å². The Labute approximate surface area is 212 Å². The number of hydrogen-bond acceptors (Lipinski definition) is 5. The van der Waals surface area contributed by atoms with E-state index >= 15 is 0 Å². The lowest BCUT2D eigenvalue weighted by molar-refractivity contribution is -0.132. The molecule has 36 heavy (non-hydrogen) atoms. The summed E-state index contributed by atoms with van der Waals surface area (Å²) in [5, 5.41) is 11.6. The highest BCUT2D eigenvalue weighted by Gasteiger charge is 2.48. The van der Waals surface area contributed by atoms with Gasteiger partial charge in [0.2, 0.25) is 0 Å². The number of aliphatic hydroxyl groups excluding tert-OH is 1. The number of rotatable bonds is 3. The van der Waals surface area contributed by atoms with Crippen molar-refractivity contribution in [1.82, 2.24) is 4.98 Å². The van der Waals surface area contributed by atoms with Crippen LogP contribution >= 0.6 is 11.3 Å². The fraction of sp³-hybridized carbons (Fsp3) is 0.207. The number of ketones is 1. The van der Waals surface area contributed by atoms with Gasteiger partial charge in [0.25, 0.3) is 5.78 Å². The number of aromatic nitrogens is 1. The highest BCUT2D eigenvalue weighted by atomic mass is 32.1. The predicted molar refractivity (Wildman–Crippen MR) is 141 cm³/mol. The average molecular weight is 501 g/mol. The summed E-state index contributed by atoms with van der Waals surface area (Å²) in [6.45, 7) is 8.29. The van der Waals surface area contributed by atoms with Crippen LogP contribution in [0.4, 0.5) is 9.52 Å². The van der Waals surface area contributed by atoms with Gasteiger partial charge in [0.1, 0.15) is 11.6 Å². The monoisotopic (exact) mass is 500 g/mol. The Morgan fingerprint density at radius 3 is 2.31 bits per heavy atom. The minimum atomic E-state index is -0.884. The largest absolute Gasteiger partial charge is 0.507 e. The molecule has 4 aromatic rings. The lowest BCUT2D eigenvalue weighted by Crippen LogP contribution is -2.29. The van der Waals surface area contributed by atoms with Crippen molar-refractivity contribution in [2.24, 2.45) is 0 Å². The molecule has 1 fully saturated rings. The van der Waals surface area contributed by atoms with Crippen molar-refractivity contribution in [3.63, 3.8) is 0 Å². The number of amides is 1. The van der Waals surface area contributed by atoms with Crippen LogP contribution in [0.1, 0.15) is 49.1 Å². The highest BCUT2D eigenvalue weighted by molar-refractivity contribution is 7.22. The van der Waals surface area contributed by atoms with E-state index in [2.05, 4.69) is 25.8 Å². The van der Waals surface area contributed by atoms with E-state index in [1.54, 1.807) is 0 Å². The maximum absolute atomic E-state index is 13.5. The molecule has 1 amide bonds. The van der Waals surface area contributed by atoms with Crippen LogP contribution in [0.2, 0.25) is 0 Å². The molecular weight excluding hydrogens is 475 g/mol. The van der Waals surface area contributed by atoms with E-state index in [0.717, 1.165) is 21.3 Å². The zero-order chi connectivity index (χ0) is 25.8. The number of aryl methyl sites for hydroxylation is 1. The van der Waals surface area contributed by atoms with Crippen LogP contribution in [-0.4, -0.2) is 21.8 Å². The summed E-state index contributed by atoms with van der Waals surface area (Å²) in [5.74, 6) is -2.39. The molecule has 5 rings (SSSR count). The van der Waals surface area contributed by atoms with Crippen LogP contribution in [0.5, 0.6) is 0 Å². The molecule has 0 spiro atoms. The average Bonchev–Trinajstić information content (AvgIpc) is 3.36. The molecule has 3 aromatic carbocycles. The molecule has 1 aliphatic rings. The first kappa shape index (κ1) is 23.9. The lowest BCUT2D eigenvalue weighted by Gasteiger charge is -2.24. The van der Waals surface area contributed by atoms with E-state index in [1.807, 2.05) is 49.4 Å². The number of nitrogens with zero attached hydrogens (tertiary/aromatic N) is 2. The Morgan fingerprint density at radius 2 is 1.67 bits per heavy atom. The van der Waals surface area contributed by atoms with Gasteiger partial charge < -0.3 is 5.11 Å². The molecule has 1 aliphatic heterocycles. The van der Waals surface area contributed by atoms with Gasteiger partial charge >= 0.3 is 5.91 Å². The molecule has 0 radical (unpaired) electrons. The van der Waals surface area contributed by atoms with Crippen molar-refractivity contribution in [3.8, 4) is 0 Å². The Hall–Kier alpha value is -3.84. The SMILES string of the molecule is Cc1ccc2nc(N3C(=O)C(=O)C(=C(O)c4ccc(F)cc4)C3c3ccc(C(C)(C)C)cc3)sc2c1. The third-order valence-electron chi connectivity index (χ3n) is 6.39. The second kappa shape index (κ2) is 8.68. The van der Waals surface area contributed by atoms with E-state index in [-0.39, 0.29) is 22.3 Å². The summed E-state index contributed by atoms with van der Waals surface area (Å²) >= 11 is 1.32. The van der Waals surface area contributed by atoms with Crippen molar-refractivity contribution in [3.05, 3.63) is 100 Å². The molecule has 7 heteroatoms. The van der Waals surface area contributed by atoms with E-state index in [0.29, 0.717) is 10.7 Å². The zero-order valence-electron chi connectivity index (χ0n) is 20.4. The van der Waals surface area contributed by atoms with Gasteiger partial charge in [-0.25, -0.2) is 9.37 Å². The van der Waals surface area contributed by atoms with E-state index < -0.39 is 23.5 Å². The van der Waals surface area contributed by atoms with Gasteiger partial charge in [-0.05, 0) is 65.4 Å². The molecule has 1 saturated heterocycles. The second-order valence-corrected chi connectivity index (χ2v) is 11.0. The number of carbonyl (C=O) groups is 2. The van der Waals surface area contributed by atoms with Crippen molar-refractivity contribution in [1.29, 1.82) is 0 Å². The molecule has 0 aliphatic carbocycles. The van der Waals surface area contributed by atoms with Gasteiger partial charge in [-0.15, -0.1) is 0 Å². The Kier molecular flexibility index (Phi) is 5.75. The molecule has 5 nitrogen and oxygen atoms in total. The Balaban J connectivity index is 1.71. The van der Waals surface area contributed by atoms with Crippen molar-refractivity contribution in [2.45, 2.75) is 39.2 Å². The van der Waals surface area contributed by atoms with Crippen LogP contribution in [0.15, 0.2) is 72.3 Å². The molecule has 1 unspecified atom stereocenters. The number of benzene rings is 3. The van der Waals surface area contributed by atoms with Crippen LogP contribution < -0.4 is 4.90 Å². The maximum Gasteiger partial charge on any atom is 0.301 e. The number of hydrogen-bond donors (Lipinski definition) is 1. The molecule has 182 valence electrons. The number of carbonyl (C=O) groups excluding carboxylic acids is 2. The molecule has 1 N–H and O–H groups in total. The van der Waals surface area contributed by atoms with Crippen LogP contribution in [-0.2, 0) is 15.0 Å². The zero-order valence-corrected chi connectivity index (χ0v) is 21.2. The number of halogens is 1. The van der Waals surface area contributed by atoms with Crippen molar-refractivity contribution in [2.75, 3.05) is 4.90 Å². The quantitative estimate of drug-likeness (QED) is 0.194. The summed E-state index contributed by atoms with van der Waals surface area (Å²) in [5.41, 5.74) is 3.67. The minimum Gasteiger partial charge on any atom is -0.507 e.